The highest BCUT2D eigenvalue weighted by atomic mass is 19.3. The molecule has 1 atom stereocenters. The zero-order valence-electron chi connectivity index (χ0n) is 10.1. The van der Waals surface area contributed by atoms with Crippen molar-refractivity contribution in [1.82, 2.24) is 10.3 Å². The largest absolute Gasteiger partial charge is 0.486 e. The van der Waals surface area contributed by atoms with Crippen LogP contribution < -0.4 is 10.1 Å². The Morgan fingerprint density at radius 2 is 2.18 bits per heavy atom. The molecule has 0 bridgehead atoms. The van der Waals surface area contributed by atoms with Gasteiger partial charge in [0.15, 0.2) is 0 Å². The van der Waals surface area contributed by atoms with Gasteiger partial charge in [0.05, 0.1) is 11.9 Å². The molecule has 96 valence electrons. The molecule has 0 saturated heterocycles. The van der Waals surface area contributed by atoms with E-state index in [-0.39, 0.29) is 6.04 Å². The molecule has 0 aliphatic carbocycles. The van der Waals surface area contributed by atoms with Gasteiger partial charge in [0.2, 0.25) is 0 Å². The fourth-order valence-corrected chi connectivity index (χ4v) is 1.36. The zero-order chi connectivity index (χ0) is 12.7. The average Bonchev–Trinajstić information content (AvgIpc) is 2.34. The Hall–Kier alpha value is -1.23. The molecule has 3 nitrogen and oxygen atoms in total. The van der Waals surface area contributed by atoms with Crippen molar-refractivity contribution < 1.29 is 13.5 Å². The number of pyridine rings is 1. The molecule has 0 amide bonds. The van der Waals surface area contributed by atoms with E-state index >= 15 is 0 Å². The summed E-state index contributed by atoms with van der Waals surface area (Å²) in [5.74, 6) is 0.372. The molecule has 0 fully saturated rings. The number of rotatable bonds is 7. The van der Waals surface area contributed by atoms with Crippen LogP contribution in [0.15, 0.2) is 18.3 Å². The minimum absolute atomic E-state index is 0.152. The Labute approximate surface area is 100 Å². The van der Waals surface area contributed by atoms with Gasteiger partial charge in [-0.25, -0.2) is 8.78 Å². The summed E-state index contributed by atoms with van der Waals surface area (Å²) in [7, 11) is 0. The summed E-state index contributed by atoms with van der Waals surface area (Å²) >= 11 is 0. The quantitative estimate of drug-likeness (QED) is 0.800. The number of alkyl halides is 2. The van der Waals surface area contributed by atoms with Crippen LogP contribution in [0.2, 0.25) is 0 Å². The van der Waals surface area contributed by atoms with Crippen molar-refractivity contribution in [2.45, 2.75) is 32.7 Å². The summed E-state index contributed by atoms with van der Waals surface area (Å²) in [6.45, 7) is 4.43. The fourth-order valence-electron chi connectivity index (χ4n) is 1.36. The summed E-state index contributed by atoms with van der Waals surface area (Å²) in [5.41, 5.74) is 0.878. The number of halogens is 2. The predicted octanol–water partition coefficient (Wildman–Crippen LogP) is 2.79. The van der Waals surface area contributed by atoms with Gasteiger partial charge in [0, 0.05) is 6.04 Å². The van der Waals surface area contributed by atoms with Gasteiger partial charge in [-0.2, -0.15) is 0 Å². The highest BCUT2D eigenvalue weighted by Gasteiger charge is 2.07. The Bertz CT molecular complexity index is 317. The number of nitrogens with one attached hydrogen (secondary N) is 1. The lowest BCUT2D eigenvalue weighted by Crippen LogP contribution is -2.20. The molecule has 0 radical (unpaired) electrons. The molecule has 1 N–H and O–H groups in total. The molecule has 0 aliphatic heterocycles. The van der Waals surface area contributed by atoms with Gasteiger partial charge < -0.3 is 10.1 Å². The van der Waals surface area contributed by atoms with Crippen molar-refractivity contribution in [3.05, 3.63) is 24.0 Å². The van der Waals surface area contributed by atoms with E-state index in [1.807, 2.05) is 6.92 Å². The third kappa shape index (κ3) is 5.08. The van der Waals surface area contributed by atoms with Crippen molar-refractivity contribution in [1.29, 1.82) is 0 Å². The van der Waals surface area contributed by atoms with E-state index < -0.39 is 13.0 Å². The fraction of sp³-hybridized carbons (Fsp3) is 0.583. The topological polar surface area (TPSA) is 34.1 Å². The van der Waals surface area contributed by atoms with E-state index in [2.05, 4.69) is 17.2 Å². The molecule has 0 spiro atoms. The first kappa shape index (κ1) is 13.8. The lowest BCUT2D eigenvalue weighted by Gasteiger charge is -2.13. The molecule has 1 rings (SSSR count). The van der Waals surface area contributed by atoms with Crippen molar-refractivity contribution in [3.8, 4) is 5.75 Å². The van der Waals surface area contributed by atoms with Crippen LogP contribution in [0.5, 0.6) is 5.75 Å². The van der Waals surface area contributed by atoms with Gasteiger partial charge in [0.25, 0.3) is 6.43 Å². The number of aromatic nitrogens is 1. The van der Waals surface area contributed by atoms with Crippen LogP contribution in [0.3, 0.4) is 0 Å². The lowest BCUT2D eigenvalue weighted by atomic mass is 10.2. The number of hydrogen-bond acceptors (Lipinski definition) is 3. The number of nitrogens with zero attached hydrogens (tertiary/aromatic N) is 1. The molecular weight excluding hydrogens is 226 g/mol. The van der Waals surface area contributed by atoms with Crippen LogP contribution in [0, 0.1) is 0 Å². The van der Waals surface area contributed by atoms with Crippen LogP contribution >= 0.6 is 0 Å². The summed E-state index contributed by atoms with van der Waals surface area (Å²) in [4.78, 5) is 4.18. The Kier molecular flexibility index (Phi) is 5.83. The van der Waals surface area contributed by atoms with Gasteiger partial charge in [-0.05, 0) is 32.0 Å². The first-order valence-corrected chi connectivity index (χ1v) is 5.73. The summed E-state index contributed by atoms with van der Waals surface area (Å²) < 4.78 is 28.7. The van der Waals surface area contributed by atoms with Crippen LogP contribution in [-0.4, -0.2) is 24.6 Å². The van der Waals surface area contributed by atoms with E-state index in [0.717, 1.165) is 18.7 Å². The maximum Gasteiger partial charge on any atom is 0.272 e. The molecular formula is C12H18F2N2O. The molecule has 0 aromatic carbocycles. The minimum atomic E-state index is -2.46. The SMILES string of the molecule is CCCNC(C)c1ccc(OCC(F)F)cn1. The van der Waals surface area contributed by atoms with Crippen LogP contribution in [0.1, 0.15) is 32.0 Å². The molecule has 5 heteroatoms. The lowest BCUT2D eigenvalue weighted by molar-refractivity contribution is 0.0817. The Morgan fingerprint density at radius 3 is 2.71 bits per heavy atom. The molecule has 1 heterocycles. The second kappa shape index (κ2) is 7.17. The normalized spacial score (nSPS) is 12.8. The van der Waals surface area contributed by atoms with E-state index in [0.29, 0.717) is 5.75 Å². The molecule has 0 saturated carbocycles. The minimum Gasteiger partial charge on any atom is -0.486 e. The van der Waals surface area contributed by atoms with E-state index in [1.165, 1.54) is 6.20 Å². The second-order valence-electron chi connectivity index (χ2n) is 3.80. The third-order valence-corrected chi connectivity index (χ3v) is 2.28. The maximum atomic E-state index is 11.9. The molecule has 1 unspecified atom stereocenters. The van der Waals surface area contributed by atoms with Crippen LogP contribution in [0.25, 0.3) is 0 Å². The van der Waals surface area contributed by atoms with Gasteiger partial charge in [-0.1, -0.05) is 6.92 Å². The van der Waals surface area contributed by atoms with Crippen molar-refractivity contribution >= 4 is 0 Å². The van der Waals surface area contributed by atoms with Gasteiger partial charge in [-0.3, -0.25) is 4.98 Å². The molecule has 0 aliphatic rings. The highest BCUT2D eigenvalue weighted by Crippen LogP contribution is 2.14. The standard InChI is InChI=1S/C12H18F2N2O/c1-3-6-15-9(2)11-5-4-10(7-16-11)17-8-12(13)14/h4-5,7,9,12,15H,3,6,8H2,1-2H3. The van der Waals surface area contributed by atoms with Crippen LogP contribution in [-0.2, 0) is 0 Å². The average molecular weight is 244 g/mol. The number of ether oxygens (including phenoxy) is 1. The highest BCUT2D eigenvalue weighted by molar-refractivity contribution is 5.21. The van der Waals surface area contributed by atoms with Gasteiger partial charge in [-0.15, -0.1) is 0 Å². The number of hydrogen-bond donors (Lipinski definition) is 1. The molecule has 1 aromatic heterocycles. The molecule has 1 aromatic rings. The third-order valence-electron chi connectivity index (χ3n) is 2.28. The monoisotopic (exact) mass is 244 g/mol. The van der Waals surface area contributed by atoms with E-state index in [4.69, 9.17) is 4.74 Å². The predicted molar refractivity (Wildman–Crippen MR) is 62.4 cm³/mol. The summed E-state index contributed by atoms with van der Waals surface area (Å²) in [5, 5.41) is 3.29. The Balaban J connectivity index is 2.49. The van der Waals surface area contributed by atoms with Crippen molar-refractivity contribution in [3.63, 3.8) is 0 Å². The second-order valence-corrected chi connectivity index (χ2v) is 3.80. The zero-order valence-corrected chi connectivity index (χ0v) is 10.1. The first-order valence-electron chi connectivity index (χ1n) is 5.73. The van der Waals surface area contributed by atoms with Crippen molar-refractivity contribution in [2.75, 3.05) is 13.2 Å². The maximum absolute atomic E-state index is 11.9. The van der Waals surface area contributed by atoms with E-state index in [9.17, 15) is 8.78 Å². The van der Waals surface area contributed by atoms with Crippen LogP contribution in [0.4, 0.5) is 8.78 Å². The van der Waals surface area contributed by atoms with Gasteiger partial charge >= 0.3 is 0 Å². The van der Waals surface area contributed by atoms with Crippen molar-refractivity contribution in [2.24, 2.45) is 0 Å². The van der Waals surface area contributed by atoms with E-state index in [1.54, 1.807) is 12.1 Å². The Morgan fingerprint density at radius 1 is 1.41 bits per heavy atom. The first-order chi connectivity index (χ1) is 8.13. The summed E-state index contributed by atoms with van der Waals surface area (Å²) in [6.07, 6.45) is 0.0710. The smallest absolute Gasteiger partial charge is 0.272 e. The molecule has 17 heavy (non-hydrogen) atoms. The summed E-state index contributed by atoms with van der Waals surface area (Å²) in [6, 6.07) is 3.60. The van der Waals surface area contributed by atoms with Gasteiger partial charge in [0.1, 0.15) is 12.4 Å².